The van der Waals surface area contributed by atoms with Crippen molar-refractivity contribution >= 4 is 35.1 Å². The van der Waals surface area contributed by atoms with Crippen molar-refractivity contribution in [3.8, 4) is 0 Å². The fraction of sp³-hybridized carbons (Fsp3) is 0.238. The lowest BCUT2D eigenvalue weighted by Gasteiger charge is -2.17. The fourth-order valence-corrected chi connectivity index (χ4v) is 2.63. The monoisotopic (exact) mass is 397 g/mol. The standard InChI is InChI=1S/C21H23N3O5/c1-14(25)22-17-9-6-10-18(11-17)24-20(27)13-29-21(28)12-19(23-15(2)26)16-7-4-3-5-8-16/h3-11,19H,12-13H2,1-2H3,(H,22,25)(H,23,26)(H,24,27)/t19-/m0/s1. The van der Waals surface area contributed by atoms with E-state index in [1.165, 1.54) is 13.8 Å². The molecule has 0 saturated carbocycles. The molecular formula is C21H23N3O5. The Hall–Kier alpha value is -3.68. The highest BCUT2D eigenvalue weighted by Gasteiger charge is 2.18. The number of benzene rings is 2. The summed E-state index contributed by atoms with van der Waals surface area (Å²) in [6.07, 6.45) is -0.102. The Labute approximate surface area is 168 Å². The van der Waals surface area contributed by atoms with Crippen LogP contribution in [0.5, 0.6) is 0 Å². The summed E-state index contributed by atoms with van der Waals surface area (Å²) in [6, 6.07) is 15.1. The van der Waals surface area contributed by atoms with Gasteiger partial charge < -0.3 is 20.7 Å². The third-order valence-corrected chi connectivity index (χ3v) is 3.78. The van der Waals surface area contributed by atoms with Crippen LogP contribution in [0.25, 0.3) is 0 Å². The Kier molecular flexibility index (Phi) is 7.90. The van der Waals surface area contributed by atoms with Gasteiger partial charge in [0.2, 0.25) is 11.8 Å². The first-order valence-corrected chi connectivity index (χ1v) is 8.98. The van der Waals surface area contributed by atoms with E-state index >= 15 is 0 Å². The molecule has 0 fully saturated rings. The maximum Gasteiger partial charge on any atom is 0.308 e. The molecule has 0 radical (unpaired) electrons. The van der Waals surface area contributed by atoms with Gasteiger partial charge in [0.05, 0.1) is 12.5 Å². The number of ether oxygens (including phenoxy) is 1. The number of hydrogen-bond acceptors (Lipinski definition) is 5. The molecule has 2 aromatic rings. The Morgan fingerprint density at radius 2 is 1.52 bits per heavy atom. The van der Waals surface area contributed by atoms with Gasteiger partial charge in [-0.1, -0.05) is 36.4 Å². The molecule has 0 aromatic heterocycles. The zero-order chi connectivity index (χ0) is 21.2. The average molecular weight is 397 g/mol. The minimum atomic E-state index is -0.616. The third-order valence-electron chi connectivity index (χ3n) is 3.78. The zero-order valence-electron chi connectivity index (χ0n) is 16.2. The lowest BCUT2D eigenvalue weighted by molar-refractivity contribution is -0.148. The third kappa shape index (κ3) is 7.84. The molecular weight excluding hydrogens is 374 g/mol. The number of anilines is 2. The molecule has 0 aliphatic carbocycles. The van der Waals surface area contributed by atoms with E-state index in [2.05, 4.69) is 16.0 Å². The van der Waals surface area contributed by atoms with Crippen LogP contribution in [0.1, 0.15) is 31.9 Å². The first kappa shape index (κ1) is 21.6. The summed E-state index contributed by atoms with van der Waals surface area (Å²) in [6.45, 7) is 2.28. The number of carbonyl (C=O) groups excluding carboxylic acids is 4. The van der Waals surface area contributed by atoms with Gasteiger partial charge in [-0.25, -0.2) is 0 Å². The van der Waals surface area contributed by atoms with Crippen molar-refractivity contribution in [1.29, 1.82) is 0 Å². The van der Waals surface area contributed by atoms with E-state index in [0.29, 0.717) is 11.4 Å². The summed E-state index contributed by atoms with van der Waals surface area (Å²) in [4.78, 5) is 46.7. The maximum atomic E-state index is 12.1. The SMILES string of the molecule is CC(=O)Nc1cccc(NC(=O)COC(=O)C[C@H](NC(C)=O)c2ccccc2)c1. The van der Waals surface area contributed by atoms with Crippen LogP contribution in [0.4, 0.5) is 11.4 Å². The molecule has 0 spiro atoms. The van der Waals surface area contributed by atoms with E-state index in [1.54, 1.807) is 48.5 Å². The van der Waals surface area contributed by atoms with Gasteiger partial charge in [0.15, 0.2) is 6.61 Å². The van der Waals surface area contributed by atoms with Crippen molar-refractivity contribution in [2.75, 3.05) is 17.2 Å². The average Bonchev–Trinajstić information content (AvgIpc) is 2.66. The van der Waals surface area contributed by atoms with Gasteiger partial charge in [-0.05, 0) is 23.8 Å². The van der Waals surface area contributed by atoms with Crippen molar-refractivity contribution in [2.45, 2.75) is 26.3 Å². The van der Waals surface area contributed by atoms with Gasteiger partial charge in [-0.15, -0.1) is 0 Å². The van der Waals surface area contributed by atoms with E-state index in [1.807, 2.05) is 6.07 Å². The Morgan fingerprint density at radius 1 is 0.862 bits per heavy atom. The van der Waals surface area contributed by atoms with Gasteiger partial charge in [-0.2, -0.15) is 0 Å². The topological polar surface area (TPSA) is 114 Å². The van der Waals surface area contributed by atoms with Gasteiger partial charge in [0, 0.05) is 25.2 Å². The maximum absolute atomic E-state index is 12.1. The minimum Gasteiger partial charge on any atom is -0.455 e. The van der Waals surface area contributed by atoms with E-state index in [9.17, 15) is 19.2 Å². The molecule has 0 bridgehead atoms. The van der Waals surface area contributed by atoms with E-state index in [0.717, 1.165) is 5.56 Å². The summed E-state index contributed by atoms with van der Waals surface area (Å²) in [7, 11) is 0. The molecule has 8 heteroatoms. The van der Waals surface area contributed by atoms with E-state index < -0.39 is 24.5 Å². The van der Waals surface area contributed by atoms with Crippen molar-refractivity contribution < 1.29 is 23.9 Å². The number of hydrogen-bond donors (Lipinski definition) is 3. The van der Waals surface area contributed by atoms with E-state index in [-0.39, 0.29) is 18.2 Å². The molecule has 29 heavy (non-hydrogen) atoms. The second-order valence-corrected chi connectivity index (χ2v) is 6.34. The highest BCUT2D eigenvalue weighted by Crippen LogP contribution is 2.18. The quantitative estimate of drug-likeness (QED) is 0.592. The second kappa shape index (κ2) is 10.6. The lowest BCUT2D eigenvalue weighted by Crippen LogP contribution is -2.29. The zero-order valence-corrected chi connectivity index (χ0v) is 16.2. The molecule has 2 aromatic carbocycles. The predicted molar refractivity (Wildman–Crippen MR) is 108 cm³/mol. The number of carbonyl (C=O) groups is 4. The van der Waals surface area contributed by atoms with E-state index in [4.69, 9.17) is 4.74 Å². The van der Waals surface area contributed by atoms with Gasteiger partial charge in [-0.3, -0.25) is 19.2 Å². The van der Waals surface area contributed by atoms with Crippen LogP contribution < -0.4 is 16.0 Å². The van der Waals surface area contributed by atoms with Gasteiger partial charge in [0.1, 0.15) is 0 Å². The lowest BCUT2D eigenvalue weighted by atomic mass is 10.0. The van der Waals surface area contributed by atoms with Crippen LogP contribution in [0.2, 0.25) is 0 Å². The van der Waals surface area contributed by atoms with Crippen molar-refractivity contribution in [3.63, 3.8) is 0 Å². The van der Waals surface area contributed by atoms with Crippen LogP contribution in [0.15, 0.2) is 54.6 Å². The Morgan fingerprint density at radius 3 is 2.14 bits per heavy atom. The van der Waals surface area contributed by atoms with Crippen molar-refractivity contribution in [3.05, 3.63) is 60.2 Å². The van der Waals surface area contributed by atoms with Crippen LogP contribution in [-0.2, 0) is 23.9 Å². The summed E-state index contributed by atoms with van der Waals surface area (Å²) in [5.41, 5.74) is 1.75. The summed E-state index contributed by atoms with van der Waals surface area (Å²) in [5, 5.41) is 7.90. The molecule has 1 atom stereocenters. The first-order chi connectivity index (χ1) is 13.8. The highest BCUT2D eigenvalue weighted by atomic mass is 16.5. The molecule has 0 aliphatic rings. The van der Waals surface area contributed by atoms with Crippen molar-refractivity contribution in [1.82, 2.24) is 5.32 Å². The van der Waals surface area contributed by atoms with Crippen LogP contribution in [-0.4, -0.2) is 30.3 Å². The molecule has 3 N–H and O–H groups in total. The van der Waals surface area contributed by atoms with Crippen LogP contribution >= 0.6 is 0 Å². The first-order valence-electron chi connectivity index (χ1n) is 8.98. The molecule has 8 nitrogen and oxygen atoms in total. The van der Waals surface area contributed by atoms with Crippen LogP contribution in [0, 0.1) is 0 Å². The molecule has 0 saturated heterocycles. The molecule has 0 heterocycles. The molecule has 0 unspecified atom stereocenters. The highest BCUT2D eigenvalue weighted by molar-refractivity contribution is 5.94. The molecule has 152 valence electrons. The number of rotatable bonds is 8. The Balaban J connectivity index is 1.88. The smallest absolute Gasteiger partial charge is 0.308 e. The Bertz CT molecular complexity index is 883. The summed E-state index contributed by atoms with van der Waals surface area (Å²) >= 11 is 0. The number of nitrogens with one attached hydrogen (secondary N) is 3. The van der Waals surface area contributed by atoms with Crippen LogP contribution in [0.3, 0.4) is 0 Å². The second-order valence-electron chi connectivity index (χ2n) is 6.34. The van der Waals surface area contributed by atoms with Crippen molar-refractivity contribution in [2.24, 2.45) is 0 Å². The molecule has 2 rings (SSSR count). The van der Waals surface area contributed by atoms with Gasteiger partial charge in [0.25, 0.3) is 5.91 Å². The molecule has 0 aliphatic heterocycles. The number of esters is 1. The fourth-order valence-electron chi connectivity index (χ4n) is 2.63. The number of amides is 3. The summed E-state index contributed by atoms with van der Waals surface area (Å²) in [5.74, 6) is -1.64. The predicted octanol–water partition coefficient (Wildman–Crippen LogP) is 2.39. The summed E-state index contributed by atoms with van der Waals surface area (Å²) < 4.78 is 5.03. The molecule has 3 amide bonds. The van der Waals surface area contributed by atoms with Gasteiger partial charge >= 0.3 is 5.97 Å². The largest absolute Gasteiger partial charge is 0.455 e. The minimum absolute atomic E-state index is 0.102. The normalized spacial score (nSPS) is 11.1.